The molecule has 0 saturated heterocycles. The van der Waals surface area contributed by atoms with Crippen molar-refractivity contribution >= 4 is 18.2 Å². The van der Waals surface area contributed by atoms with Crippen LogP contribution < -0.4 is 11.2 Å². The van der Waals surface area contributed by atoms with E-state index in [4.69, 9.17) is 9.90 Å². The summed E-state index contributed by atoms with van der Waals surface area (Å²) >= 11 is 0. The average molecular weight is 388 g/mol. The first-order chi connectivity index (χ1) is 12.9. The zero-order chi connectivity index (χ0) is 21.4. The van der Waals surface area contributed by atoms with Crippen molar-refractivity contribution in [1.82, 2.24) is 0 Å². The van der Waals surface area contributed by atoms with Crippen molar-refractivity contribution in [3.63, 3.8) is 0 Å². The number of aliphatic hydroxyl groups excluding tert-OH is 1. The Morgan fingerprint density at radius 2 is 1.67 bits per heavy atom. The third-order valence-corrected chi connectivity index (χ3v) is 2.90. The number of carbonyl (C=O) groups is 1. The minimum atomic E-state index is -1.00. The van der Waals surface area contributed by atoms with Gasteiger partial charge in [-0.3, -0.25) is 0 Å². The van der Waals surface area contributed by atoms with Crippen molar-refractivity contribution in [2.24, 2.45) is 5.90 Å². The van der Waals surface area contributed by atoms with Gasteiger partial charge in [0.05, 0.1) is 24.6 Å². The minimum absolute atomic E-state index is 0.00347. The molecule has 0 amide bonds. The monoisotopic (exact) mass is 388 g/mol. The molecule has 0 aliphatic carbocycles. The molecular weight excluding hydrogens is 361 g/mol. The standard InChI is InChI=1S/C14H12F3N.C2H7NO2.C2H6.CH2O/c1-8-3-6-12(11(16)7-8)18-14-9(2)4-5-10(15)13(14)17;3-5-2-1-4;2*1-2/h3-7,18H,1-2H3;4H,1-3H2;1-2H3;1H2. The van der Waals surface area contributed by atoms with Crippen LogP contribution in [0, 0.1) is 31.3 Å². The highest BCUT2D eigenvalue weighted by atomic mass is 19.2. The smallest absolute Gasteiger partial charge is 0.182 e. The normalized spacial score (nSPS) is 8.93. The number of halogens is 3. The summed E-state index contributed by atoms with van der Waals surface area (Å²) in [5.41, 5.74) is 1.34. The maximum atomic E-state index is 13.6. The predicted octanol–water partition coefficient (Wildman–Crippen LogP) is 4.17. The maximum Gasteiger partial charge on any atom is 0.182 e. The Kier molecular flexibility index (Phi) is 15.7. The second kappa shape index (κ2) is 15.8. The number of hydrogen-bond donors (Lipinski definition) is 3. The molecule has 0 spiro atoms. The van der Waals surface area contributed by atoms with Crippen LogP contribution in [0.5, 0.6) is 0 Å². The summed E-state index contributed by atoms with van der Waals surface area (Å²) in [6.45, 7) is 9.59. The van der Waals surface area contributed by atoms with E-state index in [1.165, 1.54) is 18.2 Å². The Morgan fingerprint density at radius 3 is 2.11 bits per heavy atom. The quantitative estimate of drug-likeness (QED) is 0.685. The first kappa shape index (κ1) is 26.8. The molecule has 0 saturated carbocycles. The van der Waals surface area contributed by atoms with Crippen molar-refractivity contribution in [3.8, 4) is 0 Å². The van der Waals surface area contributed by atoms with Crippen LogP contribution in [0.15, 0.2) is 30.3 Å². The van der Waals surface area contributed by atoms with Gasteiger partial charge in [-0.1, -0.05) is 26.0 Å². The summed E-state index contributed by atoms with van der Waals surface area (Å²) in [7, 11) is 0. The van der Waals surface area contributed by atoms with Crippen molar-refractivity contribution < 1.29 is 27.9 Å². The molecule has 0 heterocycles. The molecule has 0 aromatic heterocycles. The number of carbonyl (C=O) groups excluding carboxylic acids is 1. The van der Waals surface area contributed by atoms with Gasteiger partial charge in [-0.15, -0.1) is 0 Å². The summed E-state index contributed by atoms with van der Waals surface area (Å²) in [5, 5.41) is 10.4. The Labute approximate surface area is 157 Å². The Morgan fingerprint density at radius 1 is 1.07 bits per heavy atom. The fraction of sp³-hybridized carbons (Fsp3) is 0.316. The lowest BCUT2D eigenvalue weighted by atomic mass is 10.1. The molecule has 0 radical (unpaired) electrons. The molecule has 2 aromatic rings. The lowest BCUT2D eigenvalue weighted by Crippen LogP contribution is -2.03. The van der Waals surface area contributed by atoms with E-state index in [9.17, 15) is 13.2 Å². The fourth-order valence-corrected chi connectivity index (χ4v) is 1.71. The molecule has 8 heteroatoms. The van der Waals surface area contributed by atoms with Gasteiger partial charge in [0.15, 0.2) is 11.6 Å². The number of anilines is 2. The van der Waals surface area contributed by atoms with Crippen LogP contribution in [0.25, 0.3) is 0 Å². The SMILES string of the molecule is C=O.CC.Cc1ccc(Nc2c(C)ccc(F)c2F)c(F)c1.NOCCO. The molecular formula is C19H27F3N2O3. The molecule has 0 fully saturated rings. The van der Waals surface area contributed by atoms with Gasteiger partial charge in [0.1, 0.15) is 12.6 Å². The molecule has 152 valence electrons. The molecule has 4 N–H and O–H groups in total. The zero-order valence-electron chi connectivity index (χ0n) is 16.0. The van der Waals surface area contributed by atoms with E-state index < -0.39 is 17.5 Å². The van der Waals surface area contributed by atoms with Gasteiger partial charge in [0.2, 0.25) is 0 Å². The average Bonchev–Trinajstić information content (AvgIpc) is 2.68. The van der Waals surface area contributed by atoms with Crippen LogP contribution in [0.4, 0.5) is 24.5 Å². The molecule has 0 aliphatic heterocycles. The van der Waals surface area contributed by atoms with Crippen LogP contribution in [-0.2, 0) is 9.63 Å². The molecule has 0 aliphatic rings. The van der Waals surface area contributed by atoms with Crippen LogP contribution >= 0.6 is 0 Å². The van der Waals surface area contributed by atoms with Crippen molar-refractivity contribution in [2.45, 2.75) is 27.7 Å². The van der Waals surface area contributed by atoms with Crippen LogP contribution in [0.3, 0.4) is 0 Å². The van der Waals surface area contributed by atoms with Crippen LogP contribution in [0.2, 0.25) is 0 Å². The molecule has 0 atom stereocenters. The molecule has 5 nitrogen and oxygen atoms in total. The van der Waals surface area contributed by atoms with Gasteiger partial charge < -0.3 is 20.1 Å². The number of aryl methyl sites for hydroxylation is 2. The van der Waals surface area contributed by atoms with Crippen molar-refractivity contribution in [1.29, 1.82) is 0 Å². The summed E-state index contributed by atoms with van der Waals surface area (Å²) in [4.78, 5) is 11.9. The molecule has 0 unspecified atom stereocenters. The zero-order valence-corrected chi connectivity index (χ0v) is 16.0. The Balaban J connectivity index is 0. The third kappa shape index (κ3) is 9.74. The van der Waals surface area contributed by atoms with Crippen molar-refractivity contribution in [2.75, 3.05) is 18.5 Å². The topological polar surface area (TPSA) is 84.6 Å². The maximum absolute atomic E-state index is 13.6. The molecule has 27 heavy (non-hydrogen) atoms. The summed E-state index contributed by atoms with van der Waals surface area (Å²) in [6.07, 6.45) is 0. The third-order valence-electron chi connectivity index (χ3n) is 2.90. The molecule has 2 rings (SSSR count). The largest absolute Gasteiger partial charge is 0.394 e. The molecule has 2 aromatic carbocycles. The summed E-state index contributed by atoms with van der Waals surface area (Å²) in [5.74, 6) is 2.01. The van der Waals surface area contributed by atoms with E-state index in [1.807, 2.05) is 20.6 Å². The van der Waals surface area contributed by atoms with E-state index >= 15 is 0 Å². The van der Waals surface area contributed by atoms with E-state index in [-0.39, 0.29) is 24.6 Å². The minimum Gasteiger partial charge on any atom is -0.394 e. The lowest BCUT2D eigenvalue weighted by Gasteiger charge is -2.12. The highest BCUT2D eigenvalue weighted by Crippen LogP contribution is 2.27. The first-order valence-electron chi connectivity index (χ1n) is 8.09. The second-order valence-electron chi connectivity index (χ2n) is 4.76. The van der Waals surface area contributed by atoms with E-state index in [0.29, 0.717) is 5.56 Å². The van der Waals surface area contributed by atoms with E-state index in [1.54, 1.807) is 19.9 Å². The number of hydrogen-bond acceptors (Lipinski definition) is 5. The highest BCUT2D eigenvalue weighted by molar-refractivity contribution is 5.64. The predicted molar refractivity (Wildman–Crippen MR) is 101 cm³/mol. The van der Waals surface area contributed by atoms with Gasteiger partial charge >= 0.3 is 0 Å². The van der Waals surface area contributed by atoms with Gasteiger partial charge in [-0.25, -0.2) is 19.1 Å². The fourth-order valence-electron chi connectivity index (χ4n) is 1.71. The molecule has 0 bridgehead atoms. The number of benzene rings is 2. The number of nitrogens with one attached hydrogen (secondary N) is 1. The highest BCUT2D eigenvalue weighted by Gasteiger charge is 2.12. The number of rotatable bonds is 4. The van der Waals surface area contributed by atoms with Gasteiger partial charge in [-0.2, -0.15) is 0 Å². The van der Waals surface area contributed by atoms with Crippen LogP contribution in [-0.4, -0.2) is 25.1 Å². The second-order valence-corrected chi connectivity index (χ2v) is 4.76. The number of nitrogens with two attached hydrogens (primary N) is 1. The number of aliphatic hydroxyl groups is 1. The summed E-state index contributed by atoms with van der Waals surface area (Å²) in [6, 6.07) is 7.00. The van der Waals surface area contributed by atoms with Gasteiger partial charge in [-0.05, 0) is 43.2 Å². The Hall–Kier alpha value is -2.42. The van der Waals surface area contributed by atoms with E-state index in [2.05, 4.69) is 16.1 Å². The van der Waals surface area contributed by atoms with Crippen LogP contribution in [0.1, 0.15) is 25.0 Å². The van der Waals surface area contributed by atoms with Crippen molar-refractivity contribution in [3.05, 3.63) is 58.9 Å². The summed E-state index contributed by atoms with van der Waals surface area (Å²) < 4.78 is 40.3. The first-order valence-corrected chi connectivity index (χ1v) is 8.09. The van der Waals surface area contributed by atoms with E-state index in [0.717, 1.165) is 11.6 Å². The lowest BCUT2D eigenvalue weighted by molar-refractivity contribution is -0.0979. The Bertz CT molecular complexity index is 669. The van der Waals surface area contributed by atoms with Gasteiger partial charge in [0, 0.05) is 0 Å². The van der Waals surface area contributed by atoms with Gasteiger partial charge in [0.25, 0.3) is 0 Å².